The molecule has 4 nitrogen and oxygen atoms in total. The molecule has 1 heterocycles. The van der Waals surface area contributed by atoms with Gasteiger partial charge in [-0.25, -0.2) is 4.39 Å². The minimum Gasteiger partial charge on any atom is -0.466 e. The SMILES string of the molecule is CCOC(=O)CCc1ccc(N(C)Cc2cccc3c2N(CCc2ccccc2)CCC3)cc1F. The largest absolute Gasteiger partial charge is 0.466 e. The molecular weight excluding hydrogens is 439 g/mol. The third-order valence-corrected chi connectivity index (χ3v) is 6.70. The number of esters is 1. The van der Waals surface area contributed by atoms with E-state index in [1.165, 1.54) is 28.8 Å². The van der Waals surface area contributed by atoms with Gasteiger partial charge in [0.05, 0.1) is 6.61 Å². The second-order valence-electron chi connectivity index (χ2n) is 9.19. The molecule has 0 fully saturated rings. The van der Waals surface area contributed by atoms with Gasteiger partial charge in [-0.2, -0.15) is 0 Å². The van der Waals surface area contributed by atoms with Crippen molar-refractivity contribution in [2.24, 2.45) is 0 Å². The van der Waals surface area contributed by atoms with Crippen LogP contribution in [-0.4, -0.2) is 32.7 Å². The van der Waals surface area contributed by atoms with E-state index in [4.69, 9.17) is 4.74 Å². The van der Waals surface area contributed by atoms with Crippen LogP contribution in [0.15, 0.2) is 66.7 Å². The lowest BCUT2D eigenvalue weighted by Gasteiger charge is -2.34. The van der Waals surface area contributed by atoms with E-state index >= 15 is 0 Å². The van der Waals surface area contributed by atoms with Crippen molar-refractivity contribution in [1.82, 2.24) is 0 Å². The smallest absolute Gasteiger partial charge is 0.306 e. The fraction of sp³-hybridized carbons (Fsp3) is 0.367. The number of aryl methyl sites for hydroxylation is 2. The van der Waals surface area contributed by atoms with Crippen LogP contribution in [0.5, 0.6) is 0 Å². The van der Waals surface area contributed by atoms with Crippen LogP contribution in [0, 0.1) is 5.82 Å². The van der Waals surface area contributed by atoms with Gasteiger partial charge in [-0.1, -0.05) is 54.6 Å². The molecule has 0 atom stereocenters. The Kier molecular flexibility index (Phi) is 8.40. The molecule has 4 rings (SSSR count). The van der Waals surface area contributed by atoms with E-state index in [9.17, 15) is 9.18 Å². The Bertz CT molecular complexity index is 1130. The number of benzene rings is 3. The van der Waals surface area contributed by atoms with Crippen LogP contribution in [0.4, 0.5) is 15.8 Å². The topological polar surface area (TPSA) is 32.8 Å². The highest BCUT2D eigenvalue weighted by atomic mass is 19.1. The lowest BCUT2D eigenvalue weighted by Crippen LogP contribution is -2.33. The number of carbonyl (C=O) groups is 1. The van der Waals surface area contributed by atoms with Crippen molar-refractivity contribution < 1.29 is 13.9 Å². The number of hydrogen-bond acceptors (Lipinski definition) is 4. The maximum Gasteiger partial charge on any atom is 0.306 e. The highest BCUT2D eigenvalue weighted by Crippen LogP contribution is 2.33. The molecule has 5 heteroatoms. The lowest BCUT2D eigenvalue weighted by atomic mass is 9.96. The first-order valence-corrected chi connectivity index (χ1v) is 12.6. The molecule has 1 aliphatic rings. The Morgan fingerprint density at radius 3 is 2.63 bits per heavy atom. The molecule has 0 N–H and O–H groups in total. The standard InChI is InChI=1S/C30H35FN2O2/c1-3-35-29(34)17-15-24-14-16-27(21-28(24)31)32(2)22-26-12-7-11-25-13-8-19-33(30(25)26)20-18-23-9-5-4-6-10-23/h4-7,9-12,14,16,21H,3,8,13,15,17-20,22H2,1-2H3. The van der Waals surface area contributed by atoms with Gasteiger partial charge in [0, 0.05) is 44.5 Å². The van der Waals surface area contributed by atoms with Crippen molar-refractivity contribution in [3.63, 3.8) is 0 Å². The van der Waals surface area contributed by atoms with Crippen LogP contribution in [0.2, 0.25) is 0 Å². The zero-order valence-electron chi connectivity index (χ0n) is 20.8. The molecule has 3 aromatic rings. The first-order valence-electron chi connectivity index (χ1n) is 12.6. The normalized spacial score (nSPS) is 12.8. The zero-order chi connectivity index (χ0) is 24.6. The average molecular weight is 475 g/mol. The van der Waals surface area contributed by atoms with Gasteiger partial charge in [0.15, 0.2) is 0 Å². The van der Waals surface area contributed by atoms with Crippen molar-refractivity contribution >= 4 is 17.3 Å². The summed E-state index contributed by atoms with van der Waals surface area (Å²) in [6.45, 7) is 4.87. The first kappa shape index (κ1) is 24.8. The summed E-state index contributed by atoms with van der Waals surface area (Å²) in [4.78, 5) is 16.2. The van der Waals surface area contributed by atoms with E-state index in [1.807, 2.05) is 13.1 Å². The summed E-state index contributed by atoms with van der Waals surface area (Å²) in [6, 6.07) is 22.5. The van der Waals surface area contributed by atoms with Crippen LogP contribution in [0.3, 0.4) is 0 Å². The minimum absolute atomic E-state index is 0.189. The molecule has 184 valence electrons. The van der Waals surface area contributed by atoms with Crippen LogP contribution in [0.1, 0.15) is 42.0 Å². The highest BCUT2D eigenvalue weighted by Gasteiger charge is 2.21. The lowest BCUT2D eigenvalue weighted by molar-refractivity contribution is -0.143. The molecule has 0 radical (unpaired) electrons. The molecule has 0 unspecified atom stereocenters. The second kappa shape index (κ2) is 11.9. The molecule has 0 spiro atoms. The summed E-state index contributed by atoms with van der Waals surface area (Å²) in [5.74, 6) is -0.572. The van der Waals surface area contributed by atoms with Gasteiger partial charge in [-0.05, 0) is 67.0 Å². The van der Waals surface area contributed by atoms with Crippen LogP contribution in [-0.2, 0) is 35.3 Å². The molecule has 0 amide bonds. The maximum absolute atomic E-state index is 14.8. The van der Waals surface area contributed by atoms with Gasteiger partial charge in [0.2, 0.25) is 0 Å². The van der Waals surface area contributed by atoms with E-state index in [-0.39, 0.29) is 18.2 Å². The van der Waals surface area contributed by atoms with E-state index in [1.54, 1.807) is 19.1 Å². The Balaban J connectivity index is 1.46. The van der Waals surface area contributed by atoms with Crippen molar-refractivity contribution in [1.29, 1.82) is 0 Å². The summed E-state index contributed by atoms with van der Waals surface area (Å²) in [5, 5.41) is 0. The number of para-hydroxylation sites is 1. The van der Waals surface area contributed by atoms with Crippen molar-refractivity contribution in [2.45, 2.75) is 45.6 Å². The summed E-state index contributed by atoms with van der Waals surface area (Å²) in [7, 11) is 2.00. The fourth-order valence-electron chi connectivity index (χ4n) is 4.88. The van der Waals surface area contributed by atoms with Crippen LogP contribution < -0.4 is 9.80 Å². The third-order valence-electron chi connectivity index (χ3n) is 6.70. The summed E-state index contributed by atoms with van der Waals surface area (Å²) < 4.78 is 19.8. The van der Waals surface area contributed by atoms with E-state index in [2.05, 4.69) is 58.3 Å². The van der Waals surface area contributed by atoms with Gasteiger partial charge in [0.1, 0.15) is 5.82 Å². The number of carbonyl (C=O) groups excluding carboxylic acids is 1. The van der Waals surface area contributed by atoms with Gasteiger partial charge < -0.3 is 14.5 Å². The van der Waals surface area contributed by atoms with Crippen molar-refractivity contribution in [2.75, 3.05) is 36.5 Å². The monoisotopic (exact) mass is 474 g/mol. The molecule has 3 aromatic carbocycles. The summed E-state index contributed by atoms with van der Waals surface area (Å²) in [5.41, 5.74) is 6.73. The number of hydrogen-bond donors (Lipinski definition) is 0. The average Bonchev–Trinajstić information content (AvgIpc) is 2.87. The molecular formula is C30H35FN2O2. The van der Waals surface area contributed by atoms with E-state index in [0.717, 1.165) is 31.6 Å². The molecule has 1 aliphatic heterocycles. The Hall–Kier alpha value is -3.34. The number of halogens is 1. The highest BCUT2D eigenvalue weighted by molar-refractivity contribution is 5.69. The Morgan fingerprint density at radius 2 is 1.86 bits per heavy atom. The molecule has 0 aromatic heterocycles. The number of ether oxygens (including phenoxy) is 1. The maximum atomic E-state index is 14.8. The van der Waals surface area contributed by atoms with E-state index in [0.29, 0.717) is 25.1 Å². The number of nitrogens with zero attached hydrogens (tertiary/aromatic N) is 2. The predicted molar refractivity (Wildman–Crippen MR) is 141 cm³/mol. The predicted octanol–water partition coefficient (Wildman–Crippen LogP) is 5.95. The molecule has 0 aliphatic carbocycles. The zero-order valence-corrected chi connectivity index (χ0v) is 20.8. The first-order chi connectivity index (χ1) is 17.0. The third kappa shape index (κ3) is 6.41. The molecule has 0 saturated carbocycles. The summed E-state index contributed by atoms with van der Waals surface area (Å²) >= 11 is 0. The second-order valence-corrected chi connectivity index (χ2v) is 9.19. The van der Waals surface area contributed by atoms with Gasteiger partial charge in [0.25, 0.3) is 0 Å². The van der Waals surface area contributed by atoms with Gasteiger partial charge in [-0.15, -0.1) is 0 Å². The van der Waals surface area contributed by atoms with Gasteiger partial charge in [-0.3, -0.25) is 4.79 Å². The summed E-state index contributed by atoms with van der Waals surface area (Å²) in [6.07, 6.45) is 3.81. The molecule has 0 saturated heterocycles. The van der Waals surface area contributed by atoms with Crippen molar-refractivity contribution in [3.05, 3.63) is 94.8 Å². The van der Waals surface area contributed by atoms with Crippen LogP contribution >= 0.6 is 0 Å². The molecule has 0 bridgehead atoms. The van der Waals surface area contributed by atoms with Crippen molar-refractivity contribution in [3.8, 4) is 0 Å². The Morgan fingerprint density at radius 1 is 1.03 bits per heavy atom. The van der Waals surface area contributed by atoms with Gasteiger partial charge >= 0.3 is 5.97 Å². The number of anilines is 2. The van der Waals surface area contributed by atoms with E-state index < -0.39 is 0 Å². The minimum atomic E-state index is -0.293. The Labute approximate surface area is 208 Å². The van der Waals surface area contributed by atoms with Crippen LogP contribution in [0.25, 0.3) is 0 Å². The number of fused-ring (bicyclic) bond motifs is 1. The molecule has 35 heavy (non-hydrogen) atoms. The number of rotatable bonds is 10. The quantitative estimate of drug-likeness (QED) is 0.340. The fourth-order valence-corrected chi connectivity index (χ4v) is 4.88.